The Balaban J connectivity index is 1.73. The molecule has 1 aromatic carbocycles. The van der Waals surface area contributed by atoms with Crippen molar-refractivity contribution in [3.8, 4) is 0 Å². The predicted octanol–water partition coefficient (Wildman–Crippen LogP) is 2.88. The minimum atomic E-state index is -0.303. The van der Waals surface area contributed by atoms with Crippen LogP contribution in [0.3, 0.4) is 0 Å². The highest BCUT2D eigenvalue weighted by Gasteiger charge is 2.28. The second-order valence-electron chi connectivity index (χ2n) is 4.54. The quantitative estimate of drug-likeness (QED) is 0.643. The third-order valence-electron chi connectivity index (χ3n) is 2.98. The van der Waals surface area contributed by atoms with E-state index < -0.39 is 0 Å². The molecule has 3 rings (SSSR count). The van der Waals surface area contributed by atoms with Crippen LogP contribution in [-0.2, 0) is 11.3 Å². The molecule has 0 spiro atoms. The Kier molecular flexibility index (Phi) is 4.34. The van der Waals surface area contributed by atoms with E-state index >= 15 is 0 Å². The summed E-state index contributed by atoms with van der Waals surface area (Å²) in [4.78, 5) is 13.5. The number of thioether (sulfide) groups is 1. The molecule has 0 N–H and O–H groups in total. The van der Waals surface area contributed by atoms with Crippen LogP contribution in [0.1, 0.15) is 11.3 Å². The number of halogens is 1. The van der Waals surface area contributed by atoms with Gasteiger partial charge in [0.15, 0.2) is 5.17 Å². The van der Waals surface area contributed by atoms with Crippen molar-refractivity contribution < 1.29 is 13.6 Å². The maximum atomic E-state index is 12.9. The molecule has 22 heavy (non-hydrogen) atoms. The van der Waals surface area contributed by atoms with Crippen LogP contribution in [0.25, 0.3) is 0 Å². The first kappa shape index (κ1) is 14.5. The zero-order valence-corrected chi connectivity index (χ0v) is 12.3. The molecule has 1 fully saturated rings. The highest BCUT2D eigenvalue weighted by atomic mass is 32.2. The number of amidine groups is 1. The summed E-state index contributed by atoms with van der Waals surface area (Å²) in [5.41, 5.74) is 0.833. The highest BCUT2D eigenvalue weighted by molar-refractivity contribution is 8.15. The Bertz CT molecular complexity index is 711. The van der Waals surface area contributed by atoms with Crippen molar-refractivity contribution in [2.45, 2.75) is 6.54 Å². The van der Waals surface area contributed by atoms with E-state index in [1.165, 1.54) is 35.0 Å². The number of hydrogen-bond donors (Lipinski definition) is 0. The summed E-state index contributed by atoms with van der Waals surface area (Å²) in [5.74, 6) is 0.573. The number of benzene rings is 1. The SMILES string of the molecule is O=C1CSC(=N/N=C/c2ccco2)N1Cc1ccc(F)cc1. The molecule has 1 aliphatic heterocycles. The normalized spacial score (nSPS) is 17.0. The minimum Gasteiger partial charge on any atom is -0.463 e. The average Bonchev–Trinajstić information content (AvgIpc) is 3.14. The lowest BCUT2D eigenvalue weighted by molar-refractivity contribution is -0.124. The van der Waals surface area contributed by atoms with Crippen LogP contribution in [0.4, 0.5) is 4.39 Å². The van der Waals surface area contributed by atoms with E-state index in [4.69, 9.17) is 4.42 Å². The maximum Gasteiger partial charge on any atom is 0.239 e. The standard InChI is InChI=1S/C15H12FN3O2S/c16-12-5-3-11(4-6-12)9-19-14(20)10-22-15(19)18-17-8-13-2-1-7-21-13/h1-8H,9-10H2/b17-8+,18-15?. The Hall–Kier alpha value is -2.41. The second kappa shape index (κ2) is 6.57. The van der Waals surface area contributed by atoms with Crippen molar-refractivity contribution in [1.29, 1.82) is 0 Å². The van der Waals surface area contributed by atoms with E-state index in [0.29, 0.717) is 23.2 Å². The molecule has 2 aromatic rings. The van der Waals surface area contributed by atoms with Crippen LogP contribution in [0, 0.1) is 5.82 Å². The van der Waals surface area contributed by atoms with E-state index in [0.717, 1.165) is 5.56 Å². The first-order valence-corrected chi connectivity index (χ1v) is 7.53. The van der Waals surface area contributed by atoms with Gasteiger partial charge in [0.05, 0.1) is 24.8 Å². The van der Waals surface area contributed by atoms with Crippen LogP contribution >= 0.6 is 11.8 Å². The molecule has 112 valence electrons. The second-order valence-corrected chi connectivity index (χ2v) is 5.48. The van der Waals surface area contributed by atoms with Gasteiger partial charge in [-0.2, -0.15) is 5.10 Å². The van der Waals surface area contributed by atoms with Gasteiger partial charge in [-0.3, -0.25) is 9.69 Å². The van der Waals surface area contributed by atoms with Crippen LogP contribution in [0.5, 0.6) is 0 Å². The molecule has 0 radical (unpaired) electrons. The molecule has 1 saturated heterocycles. The highest BCUT2D eigenvalue weighted by Crippen LogP contribution is 2.22. The van der Waals surface area contributed by atoms with Crippen LogP contribution in [-0.4, -0.2) is 27.9 Å². The fourth-order valence-electron chi connectivity index (χ4n) is 1.90. The van der Waals surface area contributed by atoms with Gasteiger partial charge in [-0.1, -0.05) is 23.9 Å². The summed E-state index contributed by atoms with van der Waals surface area (Å²) in [6.45, 7) is 0.348. The maximum absolute atomic E-state index is 12.9. The minimum absolute atomic E-state index is 0.0405. The van der Waals surface area contributed by atoms with Gasteiger partial charge < -0.3 is 4.42 Å². The van der Waals surface area contributed by atoms with E-state index in [9.17, 15) is 9.18 Å². The third kappa shape index (κ3) is 3.43. The molecule has 0 atom stereocenters. The van der Waals surface area contributed by atoms with Crippen molar-refractivity contribution in [2.75, 3.05) is 5.75 Å². The van der Waals surface area contributed by atoms with E-state index in [1.54, 1.807) is 30.5 Å². The first-order chi connectivity index (χ1) is 10.7. The largest absolute Gasteiger partial charge is 0.463 e. The van der Waals surface area contributed by atoms with Crippen molar-refractivity contribution >= 4 is 29.1 Å². The molecule has 1 aliphatic rings. The molecule has 1 amide bonds. The molecular formula is C15H12FN3O2S. The predicted molar refractivity (Wildman–Crippen MR) is 83.1 cm³/mol. The number of amides is 1. The van der Waals surface area contributed by atoms with Gasteiger partial charge in [0.1, 0.15) is 11.6 Å². The monoisotopic (exact) mass is 317 g/mol. The number of furan rings is 1. The van der Waals surface area contributed by atoms with E-state index in [-0.39, 0.29) is 11.7 Å². The molecule has 2 heterocycles. The number of rotatable bonds is 4. The smallest absolute Gasteiger partial charge is 0.239 e. The van der Waals surface area contributed by atoms with Crippen LogP contribution in [0.2, 0.25) is 0 Å². The van der Waals surface area contributed by atoms with Gasteiger partial charge in [0, 0.05) is 0 Å². The molecule has 1 aromatic heterocycles. The van der Waals surface area contributed by atoms with Crippen molar-refractivity contribution in [3.05, 3.63) is 59.8 Å². The Labute approximate surface area is 130 Å². The number of carbonyl (C=O) groups excluding carboxylic acids is 1. The molecule has 0 saturated carbocycles. The molecule has 0 aliphatic carbocycles. The first-order valence-electron chi connectivity index (χ1n) is 6.54. The zero-order chi connectivity index (χ0) is 15.4. The van der Waals surface area contributed by atoms with E-state index in [2.05, 4.69) is 10.2 Å². The van der Waals surface area contributed by atoms with Crippen molar-refractivity contribution in [2.24, 2.45) is 10.2 Å². The number of carbonyl (C=O) groups is 1. The third-order valence-corrected chi connectivity index (χ3v) is 3.93. The summed E-state index contributed by atoms with van der Waals surface area (Å²) in [5, 5.41) is 8.52. The summed E-state index contributed by atoms with van der Waals surface area (Å²) in [6, 6.07) is 9.55. The lowest BCUT2D eigenvalue weighted by atomic mass is 10.2. The lowest BCUT2D eigenvalue weighted by Crippen LogP contribution is -2.28. The van der Waals surface area contributed by atoms with Gasteiger partial charge in [-0.15, -0.1) is 5.10 Å². The zero-order valence-electron chi connectivity index (χ0n) is 11.5. The molecule has 0 unspecified atom stereocenters. The number of nitrogens with zero attached hydrogens (tertiary/aromatic N) is 3. The topological polar surface area (TPSA) is 58.2 Å². The summed E-state index contributed by atoms with van der Waals surface area (Å²) in [7, 11) is 0. The van der Waals surface area contributed by atoms with E-state index in [1.807, 2.05) is 0 Å². The van der Waals surface area contributed by atoms with Crippen molar-refractivity contribution in [1.82, 2.24) is 4.90 Å². The molecule has 5 nitrogen and oxygen atoms in total. The molecular weight excluding hydrogens is 305 g/mol. The van der Waals surface area contributed by atoms with Gasteiger partial charge in [0.2, 0.25) is 5.91 Å². The van der Waals surface area contributed by atoms with Gasteiger partial charge in [0.25, 0.3) is 0 Å². The Morgan fingerprint density at radius 2 is 2.14 bits per heavy atom. The van der Waals surface area contributed by atoms with Crippen LogP contribution < -0.4 is 0 Å². The Morgan fingerprint density at radius 1 is 1.32 bits per heavy atom. The fraction of sp³-hybridized carbons (Fsp3) is 0.133. The molecule has 7 heteroatoms. The summed E-state index contributed by atoms with van der Waals surface area (Å²) < 4.78 is 18.0. The lowest BCUT2D eigenvalue weighted by Gasteiger charge is -2.14. The fourth-order valence-corrected chi connectivity index (χ4v) is 2.74. The van der Waals surface area contributed by atoms with Crippen molar-refractivity contribution in [3.63, 3.8) is 0 Å². The molecule has 0 bridgehead atoms. The van der Waals surface area contributed by atoms with Crippen LogP contribution in [0.15, 0.2) is 57.3 Å². The van der Waals surface area contributed by atoms with Gasteiger partial charge in [-0.05, 0) is 29.8 Å². The van der Waals surface area contributed by atoms with Gasteiger partial charge >= 0.3 is 0 Å². The number of hydrogen-bond acceptors (Lipinski definition) is 5. The Morgan fingerprint density at radius 3 is 2.86 bits per heavy atom. The summed E-state index contributed by atoms with van der Waals surface area (Å²) >= 11 is 1.33. The van der Waals surface area contributed by atoms with Gasteiger partial charge in [-0.25, -0.2) is 4.39 Å². The summed E-state index contributed by atoms with van der Waals surface area (Å²) in [6.07, 6.45) is 3.02. The average molecular weight is 317 g/mol.